The highest BCUT2D eigenvalue weighted by Crippen LogP contribution is 2.47. The number of aromatic nitrogens is 2. The van der Waals surface area contributed by atoms with E-state index < -0.39 is 17.3 Å². The van der Waals surface area contributed by atoms with E-state index in [4.69, 9.17) is 4.52 Å². The Morgan fingerprint density at radius 3 is 2.65 bits per heavy atom. The maximum Gasteiger partial charge on any atom is 0.422 e. The molecular formula is C27H19F3N4O2S. The van der Waals surface area contributed by atoms with E-state index >= 15 is 0 Å². The van der Waals surface area contributed by atoms with Crippen molar-refractivity contribution >= 4 is 17.2 Å². The summed E-state index contributed by atoms with van der Waals surface area (Å²) in [5.41, 5.74) is 1.84. The first-order chi connectivity index (χ1) is 17.8. The molecule has 0 atom stereocenters. The maximum atomic E-state index is 14.1. The number of thiazole rings is 1. The minimum Gasteiger partial charge on any atom is -0.352 e. The Morgan fingerprint density at radius 1 is 1.16 bits per heavy atom. The van der Waals surface area contributed by atoms with Crippen LogP contribution in [-0.2, 0) is 30.2 Å². The van der Waals surface area contributed by atoms with Gasteiger partial charge in [-0.3, -0.25) is 4.79 Å². The second-order valence-corrected chi connectivity index (χ2v) is 10.3. The normalized spacial score (nSPS) is 15.4. The lowest BCUT2D eigenvalue weighted by atomic mass is 9.91. The summed E-state index contributed by atoms with van der Waals surface area (Å²) < 4.78 is 47.7. The second-order valence-electron chi connectivity index (χ2n) is 9.30. The molecule has 2 aliphatic carbocycles. The number of alkyl halides is 3. The minimum absolute atomic E-state index is 0.134. The molecule has 0 unspecified atom stereocenters. The van der Waals surface area contributed by atoms with Gasteiger partial charge in [-0.2, -0.15) is 18.4 Å². The number of fused-ring (bicyclic) bond motifs is 3. The van der Waals surface area contributed by atoms with Crippen molar-refractivity contribution in [1.29, 1.82) is 5.26 Å². The molecule has 2 aliphatic rings. The van der Waals surface area contributed by atoms with Crippen LogP contribution in [0.3, 0.4) is 0 Å². The Hall–Kier alpha value is -3.97. The lowest BCUT2D eigenvalue weighted by Crippen LogP contribution is -2.36. The zero-order chi connectivity index (χ0) is 25.8. The van der Waals surface area contributed by atoms with Crippen LogP contribution in [0.15, 0.2) is 53.1 Å². The molecular weight excluding hydrogens is 501 g/mol. The second kappa shape index (κ2) is 8.56. The summed E-state index contributed by atoms with van der Waals surface area (Å²) >= 11 is 1.15. The average Bonchev–Trinajstić information content (AvgIpc) is 3.29. The van der Waals surface area contributed by atoms with Gasteiger partial charge in [-0.15, -0.1) is 11.3 Å². The fourth-order valence-electron chi connectivity index (χ4n) is 4.65. The van der Waals surface area contributed by atoms with Gasteiger partial charge in [-0.25, -0.2) is 4.98 Å². The molecule has 1 saturated carbocycles. The number of amides is 1. The highest BCUT2D eigenvalue weighted by molar-refractivity contribution is 7.18. The van der Waals surface area contributed by atoms with Gasteiger partial charge in [0.25, 0.3) is 0 Å². The molecule has 1 N–H and O–H groups in total. The van der Waals surface area contributed by atoms with Gasteiger partial charge in [0.15, 0.2) is 5.01 Å². The predicted molar refractivity (Wildman–Crippen MR) is 130 cm³/mol. The summed E-state index contributed by atoms with van der Waals surface area (Å²) in [4.78, 5) is 17.7. The summed E-state index contributed by atoms with van der Waals surface area (Å²) in [6.07, 6.45) is -1.96. The Kier molecular flexibility index (Phi) is 5.42. The molecule has 37 heavy (non-hydrogen) atoms. The molecule has 4 aromatic rings. The average molecular weight is 521 g/mol. The SMILES string of the molecule is N#CC1(NC(=O)Cc2ccc3c(c2)CCc2nc(-c4onc(-c5ccccc5)c4C(F)(F)F)sc2-3)CC1. The van der Waals surface area contributed by atoms with Gasteiger partial charge >= 0.3 is 6.18 Å². The molecule has 6 rings (SSSR count). The fourth-order valence-corrected chi connectivity index (χ4v) is 5.80. The number of nitrogens with zero attached hydrogens (tertiary/aromatic N) is 3. The molecule has 2 heterocycles. The van der Waals surface area contributed by atoms with Crippen molar-refractivity contribution in [3.63, 3.8) is 0 Å². The summed E-state index contributed by atoms with van der Waals surface area (Å²) in [6.45, 7) is 0. The van der Waals surface area contributed by atoms with E-state index in [1.165, 1.54) is 0 Å². The molecule has 0 saturated heterocycles. The van der Waals surface area contributed by atoms with Crippen LogP contribution in [0.5, 0.6) is 0 Å². The van der Waals surface area contributed by atoms with Crippen molar-refractivity contribution in [2.24, 2.45) is 0 Å². The van der Waals surface area contributed by atoms with Gasteiger partial charge in [-0.1, -0.05) is 53.7 Å². The van der Waals surface area contributed by atoms with E-state index in [2.05, 4.69) is 21.5 Å². The van der Waals surface area contributed by atoms with Crippen LogP contribution >= 0.6 is 11.3 Å². The van der Waals surface area contributed by atoms with Gasteiger partial charge in [-0.05, 0) is 42.4 Å². The van der Waals surface area contributed by atoms with E-state index in [0.29, 0.717) is 36.9 Å². The Labute approximate surface area is 213 Å². The minimum atomic E-state index is -4.68. The first-order valence-corrected chi connectivity index (χ1v) is 12.5. The van der Waals surface area contributed by atoms with E-state index in [0.717, 1.165) is 32.9 Å². The number of nitriles is 1. The largest absolute Gasteiger partial charge is 0.422 e. The molecule has 2 aromatic heterocycles. The standard InChI is InChI=1S/C27H19F3N4O2S/c28-27(29,30)21-22(16-4-2-1-3-5-16)34-36-23(21)25-32-19-9-7-17-12-15(6-8-18(17)24(19)37-25)13-20(35)33-26(14-31)10-11-26/h1-6,8,12H,7,9-11,13H2,(H,33,35). The number of halogens is 3. The molecule has 2 aromatic carbocycles. The first kappa shape index (κ1) is 23.4. The van der Waals surface area contributed by atoms with Crippen molar-refractivity contribution in [3.8, 4) is 38.5 Å². The number of carbonyl (C=O) groups is 1. The topological polar surface area (TPSA) is 91.8 Å². The van der Waals surface area contributed by atoms with Crippen LogP contribution in [0, 0.1) is 11.3 Å². The Morgan fingerprint density at radius 2 is 1.95 bits per heavy atom. The molecule has 1 fully saturated rings. The van der Waals surface area contributed by atoms with Gasteiger partial charge < -0.3 is 9.84 Å². The van der Waals surface area contributed by atoms with Crippen LogP contribution in [0.1, 0.15) is 35.2 Å². The van der Waals surface area contributed by atoms with Crippen LogP contribution in [0.25, 0.3) is 32.5 Å². The molecule has 0 aliphatic heterocycles. The third-order valence-corrected chi connectivity index (χ3v) is 7.80. The highest BCUT2D eigenvalue weighted by Gasteiger charge is 2.44. The number of benzene rings is 2. The molecule has 0 spiro atoms. The molecule has 10 heteroatoms. The van der Waals surface area contributed by atoms with Gasteiger partial charge in [0.2, 0.25) is 11.7 Å². The third-order valence-electron chi connectivity index (χ3n) is 6.67. The van der Waals surface area contributed by atoms with Crippen molar-refractivity contribution in [3.05, 3.63) is 70.9 Å². The maximum absolute atomic E-state index is 14.1. The number of rotatable bonds is 5. The molecule has 1 amide bonds. The number of aryl methyl sites for hydroxylation is 2. The van der Waals surface area contributed by atoms with E-state index in [1.54, 1.807) is 30.3 Å². The molecule has 0 radical (unpaired) electrons. The number of nitrogens with one attached hydrogen (secondary N) is 1. The summed E-state index contributed by atoms with van der Waals surface area (Å²) in [5, 5.41) is 15.9. The van der Waals surface area contributed by atoms with Crippen molar-refractivity contribution in [2.45, 2.75) is 43.8 Å². The zero-order valence-corrected chi connectivity index (χ0v) is 20.2. The van der Waals surface area contributed by atoms with Gasteiger partial charge in [0.05, 0.1) is 23.1 Å². The predicted octanol–water partition coefficient (Wildman–Crippen LogP) is 5.96. The van der Waals surface area contributed by atoms with Crippen molar-refractivity contribution in [2.75, 3.05) is 0 Å². The monoisotopic (exact) mass is 520 g/mol. The van der Waals surface area contributed by atoms with Gasteiger partial charge in [0, 0.05) is 5.56 Å². The lowest BCUT2D eigenvalue weighted by molar-refractivity contribution is -0.136. The lowest BCUT2D eigenvalue weighted by Gasteiger charge is -2.16. The summed E-state index contributed by atoms with van der Waals surface area (Å²) in [6, 6.07) is 16.0. The molecule has 6 nitrogen and oxygen atoms in total. The quantitative estimate of drug-likeness (QED) is 0.350. The van der Waals surface area contributed by atoms with E-state index in [-0.39, 0.29) is 28.8 Å². The van der Waals surface area contributed by atoms with Crippen LogP contribution in [0.4, 0.5) is 13.2 Å². The first-order valence-electron chi connectivity index (χ1n) is 11.7. The highest BCUT2D eigenvalue weighted by atomic mass is 32.1. The van der Waals surface area contributed by atoms with E-state index in [9.17, 15) is 23.2 Å². The molecule has 186 valence electrons. The number of carbonyl (C=O) groups excluding carboxylic acids is 1. The smallest absolute Gasteiger partial charge is 0.352 e. The Balaban J connectivity index is 1.32. The van der Waals surface area contributed by atoms with Crippen molar-refractivity contribution in [1.82, 2.24) is 15.5 Å². The van der Waals surface area contributed by atoms with E-state index in [1.807, 2.05) is 18.2 Å². The third kappa shape index (κ3) is 4.29. The van der Waals surface area contributed by atoms with Crippen LogP contribution < -0.4 is 5.32 Å². The van der Waals surface area contributed by atoms with Crippen LogP contribution in [0.2, 0.25) is 0 Å². The molecule has 0 bridgehead atoms. The Bertz CT molecular complexity index is 1560. The fraction of sp³-hybridized carbons (Fsp3) is 0.259. The summed E-state index contributed by atoms with van der Waals surface area (Å²) in [5.74, 6) is -0.582. The van der Waals surface area contributed by atoms with Gasteiger partial charge in [0.1, 0.15) is 16.8 Å². The van der Waals surface area contributed by atoms with Crippen molar-refractivity contribution < 1.29 is 22.5 Å². The number of hydrogen-bond donors (Lipinski definition) is 1. The number of hydrogen-bond acceptors (Lipinski definition) is 6. The summed E-state index contributed by atoms with van der Waals surface area (Å²) in [7, 11) is 0. The zero-order valence-electron chi connectivity index (χ0n) is 19.4. The van der Waals surface area contributed by atoms with Crippen LogP contribution in [-0.4, -0.2) is 21.6 Å².